The summed E-state index contributed by atoms with van der Waals surface area (Å²) < 4.78 is 46.9. The second-order valence-electron chi connectivity index (χ2n) is 4.97. The Hall–Kier alpha value is -2.61. The number of rotatable bonds is 3. The predicted molar refractivity (Wildman–Crippen MR) is 84.9 cm³/mol. The summed E-state index contributed by atoms with van der Waals surface area (Å²) in [5.74, 6) is 0.0832. The highest BCUT2D eigenvalue weighted by Gasteiger charge is 2.38. The van der Waals surface area contributed by atoms with Gasteiger partial charge in [-0.05, 0) is 48.6 Å². The van der Waals surface area contributed by atoms with Crippen LogP contribution in [0, 0.1) is 4.77 Å². The molecule has 1 aromatic heterocycles. The van der Waals surface area contributed by atoms with Gasteiger partial charge in [0.15, 0.2) is 0 Å². The standard InChI is InChI=1S/C16H12F3N3OS/c1-21-15(24)22(14(20-21)16(17,18)19)11-7-9-13(10-8-11)23-12-5-3-2-4-6-12/h2-10H,1H3. The number of ether oxygens (including phenoxy) is 1. The monoisotopic (exact) mass is 351 g/mol. The van der Waals surface area contributed by atoms with E-state index in [1.54, 1.807) is 24.3 Å². The van der Waals surface area contributed by atoms with E-state index >= 15 is 0 Å². The lowest BCUT2D eigenvalue weighted by molar-refractivity contribution is -0.146. The van der Waals surface area contributed by atoms with E-state index in [2.05, 4.69) is 5.10 Å². The number of halogens is 3. The molecule has 1 heterocycles. The van der Waals surface area contributed by atoms with Gasteiger partial charge in [0.05, 0.1) is 5.69 Å². The number of hydrogen-bond acceptors (Lipinski definition) is 3. The molecule has 0 aliphatic carbocycles. The minimum absolute atomic E-state index is 0.0425. The summed E-state index contributed by atoms with van der Waals surface area (Å²) in [7, 11) is 1.38. The van der Waals surface area contributed by atoms with Crippen molar-refractivity contribution in [3.05, 3.63) is 65.2 Å². The number of para-hydroxylation sites is 1. The lowest BCUT2D eigenvalue weighted by Crippen LogP contribution is -2.14. The average Bonchev–Trinajstić information content (AvgIpc) is 2.85. The second kappa shape index (κ2) is 6.12. The van der Waals surface area contributed by atoms with Crippen molar-refractivity contribution in [3.8, 4) is 17.2 Å². The van der Waals surface area contributed by atoms with Crippen molar-refractivity contribution in [2.24, 2.45) is 7.05 Å². The Labute approximate surface area is 140 Å². The van der Waals surface area contributed by atoms with Gasteiger partial charge in [0, 0.05) is 7.05 Å². The molecule has 3 aromatic rings. The Morgan fingerprint density at radius 1 is 0.958 bits per heavy atom. The molecule has 24 heavy (non-hydrogen) atoms. The van der Waals surface area contributed by atoms with E-state index < -0.39 is 12.0 Å². The summed E-state index contributed by atoms with van der Waals surface area (Å²) in [5.41, 5.74) is 0.265. The van der Waals surface area contributed by atoms with Gasteiger partial charge in [-0.15, -0.1) is 5.10 Å². The Bertz CT molecular complexity index is 899. The van der Waals surface area contributed by atoms with Crippen LogP contribution in [0.3, 0.4) is 0 Å². The molecule has 0 saturated carbocycles. The number of aryl methyl sites for hydroxylation is 1. The third-order valence-corrected chi connectivity index (χ3v) is 3.70. The maximum absolute atomic E-state index is 13.1. The van der Waals surface area contributed by atoms with Gasteiger partial charge in [-0.25, -0.2) is 4.68 Å². The highest BCUT2D eigenvalue weighted by molar-refractivity contribution is 7.71. The number of aromatic nitrogens is 3. The van der Waals surface area contributed by atoms with E-state index in [-0.39, 0.29) is 10.5 Å². The van der Waals surface area contributed by atoms with Gasteiger partial charge in [-0.1, -0.05) is 18.2 Å². The molecule has 0 atom stereocenters. The molecule has 0 bridgehead atoms. The molecule has 124 valence electrons. The first-order valence-corrected chi connectivity index (χ1v) is 7.33. The molecule has 0 amide bonds. The zero-order valence-electron chi connectivity index (χ0n) is 12.5. The maximum Gasteiger partial charge on any atom is 0.452 e. The summed E-state index contributed by atoms with van der Waals surface area (Å²) in [6.07, 6.45) is -4.60. The van der Waals surface area contributed by atoms with E-state index in [9.17, 15) is 13.2 Å². The molecule has 8 heteroatoms. The van der Waals surface area contributed by atoms with E-state index in [0.717, 1.165) is 9.25 Å². The van der Waals surface area contributed by atoms with Crippen LogP contribution in [0.15, 0.2) is 54.6 Å². The molecule has 0 unspecified atom stereocenters. The smallest absolute Gasteiger partial charge is 0.452 e. The highest BCUT2D eigenvalue weighted by Crippen LogP contribution is 2.31. The van der Waals surface area contributed by atoms with Crippen molar-refractivity contribution in [1.29, 1.82) is 0 Å². The Morgan fingerprint density at radius 2 is 1.54 bits per heavy atom. The van der Waals surface area contributed by atoms with Crippen molar-refractivity contribution in [2.75, 3.05) is 0 Å². The zero-order valence-corrected chi connectivity index (χ0v) is 13.3. The van der Waals surface area contributed by atoms with Crippen LogP contribution in [0.2, 0.25) is 0 Å². The predicted octanol–water partition coefficient (Wildman–Crippen LogP) is 4.75. The number of benzene rings is 2. The van der Waals surface area contributed by atoms with Crippen LogP contribution >= 0.6 is 12.2 Å². The van der Waals surface area contributed by atoms with Gasteiger partial charge in [0.1, 0.15) is 11.5 Å². The van der Waals surface area contributed by atoms with Crippen molar-refractivity contribution in [3.63, 3.8) is 0 Å². The quantitative estimate of drug-likeness (QED) is 0.638. The third kappa shape index (κ3) is 3.18. The molecule has 0 radical (unpaired) electrons. The number of alkyl halides is 3. The Balaban J connectivity index is 1.96. The van der Waals surface area contributed by atoms with Gasteiger partial charge in [0.2, 0.25) is 10.6 Å². The molecule has 4 nitrogen and oxygen atoms in total. The molecule has 0 fully saturated rings. The van der Waals surface area contributed by atoms with Crippen LogP contribution in [-0.2, 0) is 13.2 Å². The molecular weight excluding hydrogens is 339 g/mol. The van der Waals surface area contributed by atoms with Gasteiger partial charge < -0.3 is 4.74 Å². The second-order valence-corrected chi connectivity index (χ2v) is 5.34. The van der Waals surface area contributed by atoms with Crippen molar-refractivity contribution >= 4 is 12.2 Å². The van der Waals surface area contributed by atoms with Gasteiger partial charge in [-0.2, -0.15) is 13.2 Å². The van der Waals surface area contributed by atoms with E-state index in [4.69, 9.17) is 17.0 Å². The van der Waals surface area contributed by atoms with Gasteiger partial charge >= 0.3 is 6.18 Å². The molecule has 0 spiro atoms. The fraction of sp³-hybridized carbons (Fsp3) is 0.125. The number of hydrogen-bond donors (Lipinski definition) is 0. The first-order chi connectivity index (χ1) is 11.4. The first-order valence-electron chi connectivity index (χ1n) is 6.93. The van der Waals surface area contributed by atoms with Crippen LogP contribution in [-0.4, -0.2) is 14.3 Å². The number of nitrogens with zero attached hydrogens (tertiary/aromatic N) is 3. The summed E-state index contributed by atoms with van der Waals surface area (Å²) in [4.78, 5) is 0. The van der Waals surface area contributed by atoms with Gasteiger partial charge in [0.25, 0.3) is 0 Å². The fourth-order valence-corrected chi connectivity index (χ4v) is 2.40. The Morgan fingerprint density at radius 3 is 2.12 bits per heavy atom. The zero-order chi connectivity index (χ0) is 17.3. The molecular formula is C16H12F3N3OS. The topological polar surface area (TPSA) is 32.0 Å². The largest absolute Gasteiger partial charge is 0.457 e. The molecule has 3 rings (SSSR count). The van der Waals surface area contributed by atoms with Crippen molar-refractivity contribution in [1.82, 2.24) is 14.3 Å². The van der Waals surface area contributed by atoms with E-state index in [1.165, 1.54) is 19.2 Å². The molecule has 2 aromatic carbocycles. The first kappa shape index (κ1) is 16.3. The summed E-state index contributed by atoms with van der Waals surface area (Å²) >= 11 is 5.03. The molecule has 0 saturated heterocycles. The summed E-state index contributed by atoms with van der Waals surface area (Å²) in [6, 6.07) is 15.3. The van der Waals surface area contributed by atoms with Crippen molar-refractivity contribution in [2.45, 2.75) is 6.18 Å². The van der Waals surface area contributed by atoms with Crippen LogP contribution in [0.5, 0.6) is 11.5 Å². The van der Waals surface area contributed by atoms with Crippen LogP contribution in [0.1, 0.15) is 5.82 Å². The van der Waals surface area contributed by atoms with Crippen LogP contribution in [0.25, 0.3) is 5.69 Å². The van der Waals surface area contributed by atoms with Gasteiger partial charge in [-0.3, -0.25) is 4.57 Å². The van der Waals surface area contributed by atoms with Crippen LogP contribution in [0.4, 0.5) is 13.2 Å². The minimum atomic E-state index is -4.60. The lowest BCUT2D eigenvalue weighted by Gasteiger charge is -2.10. The SMILES string of the molecule is Cn1nc(C(F)(F)F)n(-c2ccc(Oc3ccccc3)cc2)c1=S. The lowest BCUT2D eigenvalue weighted by atomic mass is 10.3. The van der Waals surface area contributed by atoms with Crippen molar-refractivity contribution < 1.29 is 17.9 Å². The third-order valence-electron chi connectivity index (χ3n) is 3.25. The minimum Gasteiger partial charge on any atom is -0.457 e. The molecule has 0 aliphatic rings. The maximum atomic E-state index is 13.1. The summed E-state index contributed by atoms with van der Waals surface area (Å²) in [5, 5.41) is 3.47. The molecule has 0 aliphatic heterocycles. The van der Waals surface area contributed by atoms with E-state index in [1.807, 2.05) is 18.2 Å². The van der Waals surface area contributed by atoms with Crippen LogP contribution < -0.4 is 4.74 Å². The normalized spacial score (nSPS) is 11.5. The average molecular weight is 351 g/mol. The molecule has 0 N–H and O–H groups in total. The fourth-order valence-electron chi connectivity index (χ4n) is 2.17. The highest BCUT2D eigenvalue weighted by atomic mass is 32.1. The Kier molecular flexibility index (Phi) is 4.15. The van der Waals surface area contributed by atoms with E-state index in [0.29, 0.717) is 11.5 Å². The summed E-state index contributed by atoms with van der Waals surface area (Å²) in [6.45, 7) is 0.